The third-order valence-electron chi connectivity index (χ3n) is 4.53. The summed E-state index contributed by atoms with van der Waals surface area (Å²) in [5.74, 6) is -0.621. The molecule has 1 heterocycles. The Labute approximate surface area is 181 Å². The number of para-hydroxylation sites is 1. The molecular formula is C24H25N3O2S. The number of carbonyl (C=O) groups is 2. The van der Waals surface area contributed by atoms with Crippen molar-refractivity contribution < 1.29 is 9.59 Å². The Morgan fingerprint density at radius 1 is 1.03 bits per heavy atom. The predicted octanol–water partition coefficient (Wildman–Crippen LogP) is 4.08. The van der Waals surface area contributed by atoms with E-state index >= 15 is 0 Å². The minimum absolute atomic E-state index is 0.228. The zero-order valence-electron chi connectivity index (χ0n) is 17.1. The fourth-order valence-corrected chi connectivity index (χ4v) is 3.56. The van der Waals surface area contributed by atoms with Crippen LogP contribution in [0, 0.1) is 6.92 Å². The van der Waals surface area contributed by atoms with Crippen molar-refractivity contribution in [3.63, 3.8) is 0 Å². The fourth-order valence-electron chi connectivity index (χ4n) is 2.90. The molecule has 0 radical (unpaired) electrons. The van der Waals surface area contributed by atoms with Crippen LogP contribution in [-0.4, -0.2) is 32.0 Å². The van der Waals surface area contributed by atoms with Crippen molar-refractivity contribution >= 4 is 34.9 Å². The average molecular weight is 420 g/mol. The third-order valence-corrected chi connectivity index (χ3v) is 5.35. The maximum atomic E-state index is 12.8. The van der Waals surface area contributed by atoms with E-state index in [-0.39, 0.29) is 17.5 Å². The predicted molar refractivity (Wildman–Crippen MR) is 124 cm³/mol. The largest absolute Gasteiger partial charge is 0.373 e. The maximum Gasteiger partial charge on any atom is 0.267 e. The van der Waals surface area contributed by atoms with Crippen molar-refractivity contribution in [2.24, 2.45) is 0 Å². The second-order valence-electron chi connectivity index (χ2n) is 6.91. The van der Waals surface area contributed by atoms with E-state index in [4.69, 9.17) is 0 Å². The smallest absolute Gasteiger partial charge is 0.267 e. The summed E-state index contributed by atoms with van der Waals surface area (Å²) >= 11 is 1.50. The summed E-state index contributed by atoms with van der Waals surface area (Å²) in [7, 11) is 1.98. The standard InChI is InChI=1S/C24H25N3O2S/c1-18-8-6-9-19(16-18)23(28)26-22(17-21-12-7-15-30-21)24(29)25-13-14-27(2)20-10-4-3-5-11-20/h3-12,15-17H,13-14H2,1-2H3,(H,25,29)(H,26,28)/b22-17-. The van der Waals surface area contributed by atoms with Crippen molar-refractivity contribution in [3.8, 4) is 0 Å². The van der Waals surface area contributed by atoms with Crippen LogP contribution >= 0.6 is 11.3 Å². The lowest BCUT2D eigenvalue weighted by Crippen LogP contribution is -2.38. The van der Waals surface area contributed by atoms with E-state index in [1.807, 2.05) is 73.9 Å². The minimum atomic E-state index is -0.314. The molecule has 3 aromatic rings. The van der Waals surface area contributed by atoms with Crippen LogP contribution in [0.25, 0.3) is 6.08 Å². The number of nitrogens with one attached hydrogen (secondary N) is 2. The summed E-state index contributed by atoms with van der Waals surface area (Å²) in [6.07, 6.45) is 1.70. The molecule has 1 aromatic heterocycles. The van der Waals surface area contributed by atoms with Gasteiger partial charge in [-0.05, 0) is 48.7 Å². The Kier molecular flexibility index (Phi) is 7.40. The normalized spacial score (nSPS) is 11.1. The van der Waals surface area contributed by atoms with Crippen molar-refractivity contribution in [3.05, 3.63) is 93.8 Å². The molecule has 2 amide bonds. The van der Waals surface area contributed by atoms with Crippen molar-refractivity contribution in [1.82, 2.24) is 10.6 Å². The second-order valence-corrected chi connectivity index (χ2v) is 7.89. The first-order valence-corrected chi connectivity index (χ1v) is 10.6. The molecule has 0 fully saturated rings. The van der Waals surface area contributed by atoms with Crippen LogP contribution in [0.1, 0.15) is 20.8 Å². The van der Waals surface area contributed by atoms with E-state index in [0.29, 0.717) is 18.7 Å². The van der Waals surface area contributed by atoms with E-state index in [1.54, 1.807) is 18.2 Å². The van der Waals surface area contributed by atoms with Crippen LogP contribution in [0.15, 0.2) is 77.8 Å². The minimum Gasteiger partial charge on any atom is -0.373 e. The molecule has 2 aromatic carbocycles. The molecular weight excluding hydrogens is 394 g/mol. The topological polar surface area (TPSA) is 61.4 Å². The van der Waals surface area contributed by atoms with Gasteiger partial charge in [-0.25, -0.2) is 0 Å². The zero-order chi connectivity index (χ0) is 21.3. The number of amides is 2. The highest BCUT2D eigenvalue weighted by atomic mass is 32.1. The lowest BCUT2D eigenvalue weighted by atomic mass is 10.1. The van der Waals surface area contributed by atoms with Crippen LogP contribution in [-0.2, 0) is 4.79 Å². The van der Waals surface area contributed by atoms with Crippen LogP contribution < -0.4 is 15.5 Å². The molecule has 6 heteroatoms. The second kappa shape index (κ2) is 10.4. The summed E-state index contributed by atoms with van der Waals surface area (Å²) in [4.78, 5) is 28.4. The molecule has 30 heavy (non-hydrogen) atoms. The molecule has 0 spiro atoms. The first-order valence-electron chi connectivity index (χ1n) is 9.70. The lowest BCUT2D eigenvalue weighted by Gasteiger charge is -2.19. The fraction of sp³-hybridized carbons (Fsp3) is 0.167. The first kappa shape index (κ1) is 21.3. The van der Waals surface area contributed by atoms with Gasteiger partial charge in [0.15, 0.2) is 0 Å². The van der Waals surface area contributed by atoms with Gasteiger partial charge < -0.3 is 15.5 Å². The molecule has 0 saturated heterocycles. The van der Waals surface area contributed by atoms with Gasteiger partial charge >= 0.3 is 0 Å². The van der Waals surface area contributed by atoms with Crippen molar-refractivity contribution in [2.75, 3.05) is 25.0 Å². The third kappa shape index (κ3) is 6.06. The highest BCUT2D eigenvalue weighted by Gasteiger charge is 2.15. The van der Waals surface area contributed by atoms with Gasteiger partial charge in [-0.3, -0.25) is 9.59 Å². The Morgan fingerprint density at radius 2 is 1.83 bits per heavy atom. The van der Waals surface area contributed by atoms with E-state index in [0.717, 1.165) is 16.1 Å². The summed E-state index contributed by atoms with van der Waals surface area (Å²) in [5, 5.41) is 7.61. The molecule has 5 nitrogen and oxygen atoms in total. The number of hydrogen-bond donors (Lipinski definition) is 2. The molecule has 2 N–H and O–H groups in total. The summed E-state index contributed by atoms with van der Waals surface area (Å²) in [6.45, 7) is 3.02. The lowest BCUT2D eigenvalue weighted by molar-refractivity contribution is -0.117. The number of likely N-dealkylation sites (N-methyl/N-ethyl adjacent to an activating group) is 1. The van der Waals surface area contributed by atoms with E-state index < -0.39 is 0 Å². The summed E-state index contributed by atoms with van der Waals surface area (Å²) in [5.41, 5.74) is 2.81. The summed E-state index contributed by atoms with van der Waals surface area (Å²) < 4.78 is 0. The van der Waals surface area contributed by atoms with Crippen LogP contribution in [0.4, 0.5) is 5.69 Å². The van der Waals surface area contributed by atoms with E-state index in [1.165, 1.54) is 11.3 Å². The molecule has 0 atom stereocenters. The molecule has 0 bridgehead atoms. The van der Waals surface area contributed by atoms with E-state index in [2.05, 4.69) is 15.5 Å². The van der Waals surface area contributed by atoms with Gasteiger partial charge in [0.05, 0.1) is 0 Å². The van der Waals surface area contributed by atoms with Gasteiger partial charge in [-0.2, -0.15) is 0 Å². The van der Waals surface area contributed by atoms with Gasteiger partial charge in [0.2, 0.25) is 0 Å². The number of anilines is 1. The van der Waals surface area contributed by atoms with Gasteiger partial charge in [0.1, 0.15) is 5.70 Å². The molecule has 3 rings (SSSR count). The molecule has 0 aliphatic carbocycles. The number of rotatable bonds is 8. The molecule has 0 aliphatic rings. The number of hydrogen-bond acceptors (Lipinski definition) is 4. The Morgan fingerprint density at radius 3 is 2.53 bits per heavy atom. The van der Waals surface area contributed by atoms with Gasteiger partial charge in [0.25, 0.3) is 11.8 Å². The molecule has 154 valence electrons. The summed E-state index contributed by atoms with van der Waals surface area (Å²) in [6, 6.07) is 21.1. The highest BCUT2D eigenvalue weighted by molar-refractivity contribution is 7.10. The number of thiophene rings is 1. The molecule has 0 saturated carbocycles. The van der Waals surface area contributed by atoms with Gasteiger partial charge in [0, 0.05) is 36.3 Å². The van der Waals surface area contributed by atoms with E-state index in [9.17, 15) is 9.59 Å². The average Bonchev–Trinajstić information content (AvgIpc) is 3.27. The number of carbonyl (C=O) groups excluding carboxylic acids is 2. The van der Waals surface area contributed by atoms with Crippen molar-refractivity contribution in [1.29, 1.82) is 0 Å². The first-order chi connectivity index (χ1) is 14.5. The molecule has 0 aliphatic heterocycles. The Hall–Kier alpha value is -3.38. The quantitative estimate of drug-likeness (QED) is 0.541. The van der Waals surface area contributed by atoms with Gasteiger partial charge in [-0.1, -0.05) is 42.0 Å². The van der Waals surface area contributed by atoms with Crippen molar-refractivity contribution in [2.45, 2.75) is 6.92 Å². The number of nitrogens with zero attached hydrogens (tertiary/aromatic N) is 1. The maximum absolute atomic E-state index is 12.8. The monoisotopic (exact) mass is 419 g/mol. The number of aryl methyl sites for hydroxylation is 1. The van der Waals surface area contributed by atoms with Crippen LogP contribution in [0.3, 0.4) is 0 Å². The molecule has 0 unspecified atom stereocenters. The number of benzene rings is 2. The Bertz CT molecular complexity index is 1010. The zero-order valence-corrected chi connectivity index (χ0v) is 17.9. The van der Waals surface area contributed by atoms with Crippen LogP contribution in [0.5, 0.6) is 0 Å². The van der Waals surface area contributed by atoms with Crippen LogP contribution in [0.2, 0.25) is 0 Å². The Balaban J connectivity index is 1.66. The highest BCUT2D eigenvalue weighted by Crippen LogP contribution is 2.14. The van der Waals surface area contributed by atoms with Gasteiger partial charge in [-0.15, -0.1) is 11.3 Å². The SMILES string of the molecule is Cc1cccc(C(=O)N/C(=C\c2cccs2)C(=O)NCCN(C)c2ccccc2)c1.